The number of aliphatic hydroxyl groups excluding tert-OH is 4. The second-order valence-corrected chi connectivity index (χ2v) is 2.58. The first kappa shape index (κ1) is 9.40. The van der Waals surface area contributed by atoms with Gasteiger partial charge in [-0.25, -0.2) is 4.79 Å². The molecule has 0 aliphatic carbocycles. The second-order valence-electron chi connectivity index (χ2n) is 2.58. The van der Waals surface area contributed by atoms with Crippen molar-refractivity contribution >= 4 is 5.97 Å². The van der Waals surface area contributed by atoms with Crippen LogP contribution in [-0.4, -0.2) is 57.4 Å². The van der Waals surface area contributed by atoms with Gasteiger partial charge in [-0.15, -0.1) is 0 Å². The van der Waals surface area contributed by atoms with E-state index in [1.54, 1.807) is 0 Å². The summed E-state index contributed by atoms with van der Waals surface area (Å²) in [6, 6.07) is 0. The Kier molecular flexibility index (Phi) is 2.63. The number of carbonyl (C=O) groups excluding carboxylic acids is 1. The molecule has 1 aliphatic rings. The molecule has 1 fully saturated rings. The standard InChI is InChI=1S/C6H10O6/c7-1-2-3(8)4(9)5(10)6(11)12-2/h2-5,7-10H,1H2/t2-,3+,4-,5+/m0/s1. The SMILES string of the molecule is O=C1O[C@@H](CO)[C@@H](O)[C@H](O)[C@H]1O. The van der Waals surface area contributed by atoms with Crippen LogP contribution < -0.4 is 0 Å². The third-order valence-electron chi connectivity index (χ3n) is 1.74. The largest absolute Gasteiger partial charge is 0.455 e. The Morgan fingerprint density at radius 2 is 1.83 bits per heavy atom. The van der Waals surface area contributed by atoms with Crippen molar-refractivity contribution in [3.05, 3.63) is 0 Å². The summed E-state index contributed by atoms with van der Waals surface area (Å²) in [5.74, 6) is -1.04. The highest BCUT2D eigenvalue weighted by molar-refractivity contribution is 5.76. The first-order valence-corrected chi connectivity index (χ1v) is 3.43. The van der Waals surface area contributed by atoms with E-state index in [9.17, 15) is 4.79 Å². The molecule has 0 radical (unpaired) electrons. The Morgan fingerprint density at radius 1 is 1.25 bits per heavy atom. The molecule has 0 spiro atoms. The maximum Gasteiger partial charge on any atom is 0.338 e. The number of rotatable bonds is 1. The minimum Gasteiger partial charge on any atom is -0.455 e. The third-order valence-corrected chi connectivity index (χ3v) is 1.74. The van der Waals surface area contributed by atoms with Gasteiger partial charge in [0, 0.05) is 0 Å². The molecule has 1 aliphatic heterocycles. The van der Waals surface area contributed by atoms with E-state index >= 15 is 0 Å². The van der Waals surface area contributed by atoms with Crippen molar-refractivity contribution in [2.24, 2.45) is 0 Å². The number of hydrogen-bond donors (Lipinski definition) is 4. The van der Waals surface area contributed by atoms with E-state index in [1.165, 1.54) is 0 Å². The summed E-state index contributed by atoms with van der Waals surface area (Å²) in [7, 11) is 0. The molecule has 6 nitrogen and oxygen atoms in total. The fourth-order valence-corrected chi connectivity index (χ4v) is 0.980. The summed E-state index contributed by atoms with van der Waals surface area (Å²) in [6.07, 6.45) is -5.93. The van der Waals surface area contributed by atoms with E-state index in [0.717, 1.165) is 0 Å². The van der Waals surface area contributed by atoms with Gasteiger partial charge >= 0.3 is 5.97 Å². The average molecular weight is 178 g/mol. The summed E-state index contributed by atoms with van der Waals surface area (Å²) in [5.41, 5.74) is 0. The molecule has 4 N–H and O–H groups in total. The van der Waals surface area contributed by atoms with Gasteiger partial charge in [-0.3, -0.25) is 0 Å². The summed E-state index contributed by atoms with van der Waals surface area (Å²) in [4.78, 5) is 10.7. The minimum atomic E-state index is -1.73. The van der Waals surface area contributed by atoms with E-state index in [0.29, 0.717) is 0 Å². The summed E-state index contributed by atoms with van der Waals surface area (Å²) >= 11 is 0. The number of hydrogen-bond acceptors (Lipinski definition) is 6. The maximum absolute atomic E-state index is 10.7. The van der Waals surface area contributed by atoms with Gasteiger partial charge in [0.1, 0.15) is 12.2 Å². The molecular formula is C6H10O6. The molecule has 0 aromatic carbocycles. The first-order chi connectivity index (χ1) is 5.57. The van der Waals surface area contributed by atoms with Gasteiger partial charge < -0.3 is 25.2 Å². The second kappa shape index (κ2) is 3.36. The maximum atomic E-state index is 10.7. The van der Waals surface area contributed by atoms with Gasteiger partial charge in [-0.05, 0) is 0 Å². The molecule has 0 bridgehead atoms. The third kappa shape index (κ3) is 1.42. The molecule has 0 unspecified atom stereocenters. The molecular weight excluding hydrogens is 168 g/mol. The molecule has 1 heterocycles. The van der Waals surface area contributed by atoms with Gasteiger partial charge in [0.15, 0.2) is 12.2 Å². The predicted molar refractivity (Wildman–Crippen MR) is 35.0 cm³/mol. The minimum absolute atomic E-state index is 0.587. The van der Waals surface area contributed by atoms with Crippen molar-refractivity contribution in [3.8, 4) is 0 Å². The number of carbonyl (C=O) groups is 1. The van der Waals surface area contributed by atoms with E-state index in [2.05, 4.69) is 4.74 Å². The monoisotopic (exact) mass is 178 g/mol. The quantitative estimate of drug-likeness (QED) is 0.318. The van der Waals surface area contributed by atoms with Crippen molar-refractivity contribution in [2.45, 2.75) is 24.4 Å². The zero-order valence-electron chi connectivity index (χ0n) is 6.12. The number of cyclic esters (lactones) is 1. The van der Waals surface area contributed by atoms with E-state index in [-0.39, 0.29) is 0 Å². The van der Waals surface area contributed by atoms with Crippen LogP contribution in [0.25, 0.3) is 0 Å². The molecule has 12 heavy (non-hydrogen) atoms. The molecule has 70 valence electrons. The summed E-state index contributed by atoms with van der Waals surface area (Å²) in [6.45, 7) is -0.587. The fraction of sp³-hybridized carbons (Fsp3) is 0.833. The van der Waals surface area contributed by atoms with Crippen LogP contribution in [0.5, 0.6) is 0 Å². The average Bonchev–Trinajstić information content (AvgIpc) is 2.08. The van der Waals surface area contributed by atoms with Gasteiger partial charge in [0.25, 0.3) is 0 Å². The van der Waals surface area contributed by atoms with Gasteiger partial charge in [-0.2, -0.15) is 0 Å². The normalized spacial score (nSPS) is 42.5. The Hall–Kier alpha value is -0.690. The molecule has 1 saturated heterocycles. The van der Waals surface area contributed by atoms with Crippen LogP contribution in [0.2, 0.25) is 0 Å². The zero-order chi connectivity index (χ0) is 9.30. The predicted octanol–water partition coefficient (Wildman–Crippen LogP) is -3.01. The molecule has 0 aromatic heterocycles. The molecule has 0 saturated carbocycles. The lowest BCUT2D eigenvalue weighted by atomic mass is 10.0. The van der Waals surface area contributed by atoms with Crippen LogP contribution in [0.4, 0.5) is 0 Å². The van der Waals surface area contributed by atoms with Crippen LogP contribution in [-0.2, 0) is 9.53 Å². The van der Waals surface area contributed by atoms with Crippen LogP contribution in [0.15, 0.2) is 0 Å². The topological polar surface area (TPSA) is 107 Å². The van der Waals surface area contributed by atoms with E-state index in [4.69, 9.17) is 20.4 Å². The fourth-order valence-electron chi connectivity index (χ4n) is 0.980. The van der Waals surface area contributed by atoms with Crippen molar-refractivity contribution < 1.29 is 30.0 Å². The van der Waals surface area contributed by atoms with Gasteiger partial charge in [-0.1, -0.05) is 0 Å². The van der Waals surface area contributed by atoms with Crippen LogP contribution in [0, 0.1) is 0 Å². The lowest BCUT2D eigenvalue weighted by Gasteiger charge is -2.32. The number of aliphatic hydroxyl groups is 4. The van der Waals surface area contributed by atoms with Crippen molar-refractivity contribution in [3.63, 3.8) is 0 Å². The van der Waals surface area contributed by atoms with Gasteiger partial charge in [0.2, 0.25) is 0 Å². The number of esters is 1. The number of ether oxygens (including phenoxy) is 1. The molecule has 6 heteroatoms. The van der Waals surface area contributed by atoms with Gasteiger partial charge in [0.05, 0.1) is 6.61 Å². The van der Waals surface area contributed by atoms with Crippen LogP contribution in [0.3, 0.4) is 0 Å². The molecule has 4 atom stereocenters. The van der Waals surface area contributed by atoms with Crippen molar-refractivity contribution in [2.75, 3.05) is 6.61 Å². The highest BCUT2D eigenvalue weighted by Gasteiger charge is 2.43. The Bertz CT molecular complexity index is 179. The molecule has 1 rings (SSSR count). The zero-order valence-corrected chi connectivity index (χ0v) is 6.12. The lowest BCUT2D eigenvalue weighted by Crippen LogP contribution is -2.56. The van der Waals surface area contributed by atoms with Crippen molar-refractivity contribution in [1.82, 2.24) is 0 Å². The van der Waals surface area contributed by atoms with Crippen molar-refractivity contribution in [1.29, 1.82) is 0 Å². The first-order valence-electron chi connectivity index (χ1n) is 3.43. The Morgan fingerprint density at radius 3 is 2.33 bits per heavy atom. The summed E-state index contributed by atoms with van der Waals surface area (Å²) in [5, 5.41) is 35.5. The Balaban J connectivity index is 2.70. The van der Waals surface area contributed by atoms with E-state index in [1.807, 2.05) is 0 Å². The highest BCUT2D eigenvalue weighted by atomic mass is 16.6. The smallest absolute Gasteiger partial charge is 0.338 e. The van der Waals surface area contributed by atoms with E-state index < -0.39 is 37.0 Å². The molecule has 0 aromatic rings. The Labute approximate surface area is 68.0 Å². The lowest BCUT2D eigenvalue weighted by molar-refractivity contribution is -0.206. The van der Waals surface area contributed by atoms with Crippen LogP contribution in [0.1, 0.15) is 0 Å². The van der Waals surface area contributed by atoms with Crippen LogP contribution >= 0.6 is 0 Å². The highest BCUT2D eigenvalue weighted by Crippen LogP contribution is 2.15. The summed E-state index contributed by atoms with van der Waals surface area (Å²) < 4.78 is 4.38. The molecule has 0 amide bonds.